The van der Waals surface area contributed by atoms with Gasteiger partial charge in [0.2, 0.25) is 0 Å². The highest BCUT2D eigenvalue weighted by atomic mass is 16.5. The van der Waals surface area contributed by atoms with E-state index in [1.165, 1.54) is 0 Å². The molecule has 0 N–H and O–H groups in total. The number of carbonyl (C=O) groups is 1. The number of hydrogen-bond donors (Lipinski definition) is 0. The summed E-state index contributed by atoms with van der Waals surface area (Å²) in [4.78, 5) is 11.5. The van der Waals surface area contributed by atoms with Crippen molar-refractivity contribution in [3.63, 3.8) is 0 Å². The summed E-state index contributed by atoms with van der Waals surface area (Å²) in [5, 5.41) is 0. The van der Waals surface area contributed by atoms with Gasteiger partial charge in [-0.25, -0.2) is 0 Å². The van der Waals surface area contributed by atoms with Crippen molar-refractivity contribution in [1.82, 2.24) is 0 Å². The smallest absolute Gasteiger partial charge is 0.188 e. The van der Waals surface area contributed by atoms with Crippen LogP contribution >= 0.6 is 0 Å². The van der Waals surface area contributed by atoms with E-state index in [9.17, 15) is 4.79 Å². The third kappa shape index (κ3) is 2.46. The van der Waals surface area contributed by atoms with Crippen LogP contribution in [0.5, 0.6) is 5.75 Å². The Morgan fingerprint density at radius 1 is 1.33 bits per heavy atom. The topological polar surface area (TPSA) is 26.3 Å². The zero-order chi connectivity index (χ0) is 10.8. The molecule has 0 unspecified atom stereocenters. The van der Waals surface area contributed by atoms with Gasteiger partial charge in [-0.3, -0.25) is 4.79 Å². The molecule has 0 heterocycles. The van der Waals surface area contributed by atoms with Gasteiger partial charge in [0.05, 0.1) is 6.10 Å². The molecule has 0 amide bonds. The first kappa shape index (κ1) is 9.97. The number of rotatable bonds is 4. The second-order valence-corrected chi connectivity index (χ2v) is 3.95. The lowest BCUT2D eigenvalue weighted by atomic mass is 10.1. The molecule has 1 aliphatic rings. The zero-order valence-electron chi connectivity index (χ0n) is 8.82. The average molecular weight is 202 g/mol. The molecule has 0 radical (unpaired) electrons. The van der Waals surface area contributed by atoms with Crippen molar-refractivity contribution in [2.45, 2.75) is 25.9 Å². The maximum absolute atomic E-state index is 11.5. The molecule has 0 spiro atoms. The summed E-state index contributed by atoms with van der Waals surface area (Å²) in [5.41, 5.74) is 1.23. The Labute approximate surface area is 89.6 Å². The molecule has 1 saturated carbocycles. The predicted molar refractivity (Wildman–Crippen MR) is 59.2 cm³/mol. The quantitative estimate of drug-likeness (QED) is 0.554. The standard InChI is InChI=1S/C13H14O2/c1-9(2)13(14)10-3-5-11(6-4-10)15-12-7-8-12/h3-6,12H,1,7-8H2,2H3. The van der Waals surface area contributed by atoms with Gasteiger partial charge in [0, 0.05) is 5.56 Å². The van der Waals surface area contributed by atoms with Crippen LogP contribution < -0.4 is 4.74 Å². The molecule has 1 aromatic carbocycles. The highest BCUT2D eigenvalue weighted by Crippen LogP contribution is 2.26. The fourth-order valence-electron chi connectivity index (χ4n) is 1.31. The van der Waals surface area contributed by atoms with Crippen LogP contribution in [0.25, 0.3) is 0 Å². The highest BCUT2D eigenvalue weighted by Gasteiger charge is 2.23. The summed E-state index contributed by atoms with van der Waals surface area (Å²) in [6, 6.07) is 7.26. The number of allylic oxidation sites excluding steroid dienone is 1. The van der Waals surface area contributed by atoms with Crippen molar-refractivity contribution in [2.24, 2.45) is 0 Å². The summed E-state index contributed by atoms with van der Waals surface area (Å²) in [7, 11) is 0. The normalized spacial score (nSPS) is 14.7. The lowest BCUT2D eigenvalue weighted by molar-refractivity contribution is 0.103. The molecule has 0 saturated heterocycles. The van der Waals surface area contributed by atoms with Crippen LogP contribution in [-0.2, 0) is 0 Å². The van der Waals surface area contributed by atoms with Crippen molar-refractivity contribution in [3.8, 4) is 5.75 Å². The number of hydrogen-bond acceptors (Lipinski definition) is 2. The molecule has 15 heavy (non-hydrogen) atoms. The van der Waals surface area contributed by atoms with Gasteiger partial charge in [0.1, 0.15) is 5.75 Å². The van der Waals surface area contributed by atoms with Gasteiger partial charge in [-0.05, 0) is 49.6 Å². The Hall–Kier alpha value is -1.57. The summed E-state index contributed by atoms with van der Waals surface area (Å²) < 4.78 is 5.59. The minimum Gasteiger partial charge on any atom is -0.490 e. The van der Waals surface area contributed by atoms with Crippen molar-refractivity contribution < 1.29 is 9.53 Å². The Balaban J connectivity index is 2.08. The van der Waals surface area contributed by atoms with Crippen LogP contribution in [0.2, 0.25) is 0 Å². The van der Waals surface area contributed by atoms with Gasteiger partial charge >= 0.3 is 0 Å². The molecule has 2 rings (SSSR count). The van der Waals surface area contributed by atoms with Gasteiger partial charge in [-0.15, -0.1) is 0 Å². The van der Waals surface area contributed by atoms with E-state index < -0.39 is 0 Å². The molecule has 0 aliphatic heterocycles. The molecular formula is C13H14O2. The number of ether oxygens (including phenoxy) is 1. The number of benzene rings is 1. The van der Waals surface area contributed by atoms with Crippen LogP contribution in [0.15, 0.2) is 36.4 Å². The van der Waals surface area contributed by atoms with Gasteiger partial charge < -0.3 is 4.74 Å². The molecular weight excluding hydrogens is 188 g/mol. The second kappa shape index (κ2) is 3.89. The lowest BCUT2D eigenvalue weighted by Gasteiger charge is -2.05. The molecule has 1 fully saturated rings. The van der Waals surface area contributed by atoms with Crippen LogP contribution in [-0.4, -0.2) is 11.9 Å². The molecule has 2 nitrogen and oxygen atoms in total. The van der Waals surface area contributed by atoms with Crippen molar-refractivity contribution in [1.29, 1.82) is 0 Å². The second-order valence-electron chi connectivity index (χ2n) is 3.95. The number of carbonyl (C=O) groups excluding carboxylic acids is 1. The Morgan fingerprint density at radius 3 is 2.40 bits per heavy atom. The highest BCUT2D eigenvalue weighted by molar-refractivity contribution is 6.07. The fourth-order valence-corrected chi connectivity index (χ4v) is 1.31. The summed E-state index contributed by atoms with van der Waals surface area (Å²) in [6.07, 6.45) is 2.69. The first-order valence-corrected chi connectivity index (χ1v) is 5.14. The van der Waals surface area contributed by atoms with Crippen molar-refractivity contribution in [2.75, 3.05) is 0 Å². The van der Waals surface area contributed by atoms with Crippen LogP contribution in [0.4, 0.5) is 0 Å². The lowest BCUT2D eigenvalue weighted by Crippen LogP contribution is -2.00. The summed E-state index contributed by atoms with van der Waals surface area (Å²) >= 11 is 0. The van der Waals surface area contributed by atoms with E-state index in [0.717, 1.165) is 18.6 Å². The molecule has 0 aromatic heterocycles. The first-order chi connectivity index (χ1) is 7.16. The summed E-state index contributed by atoms with van der Waals surface area (Å²) in [6.45, 7) is 5.35. The van der Waals surface area contributed by atoms with E-state index in [0.29, 0.717) is 17.2 Å². The van der Waals surface area contributed by atoms with Gasteiger partial charge in [0.25, 0.3) is 0 Å². The SMILES string of the molecule is C=C(C)C(=O)c1ccc(OC2CC2)cc1. The van der Waals surface area contributed by atoms with Crippen LogP contribution in [0.1, 0.15) is 30.1 Å². The van der Waals surface area contributed by atoms with Crippen LogP contribution in [0, 0.1) is 0 Å². The van der Waals surface area contributed by atoms with E-state index in [-0.39, 0.29) is 5.78 Å². The molecule has 0 atom stereocenters. The molecule has 78 valence electrons. The van der Waals surface area contributed by atoms with E-state index in [4.69, 9.17) is 4.74 Å². The minimum absolute atomic E-state index is 0.00651. The maximum Gasteiger partial charge on any atom is 0.188 e. The average Bonchev–Trinajstić information content (AvgIpc) is 3.02. The zero-order valence-corrected chi connectivity index (χ0v) is 8.82. The molecule has 1 aromatic rings. The van der Waals surface area contributed by atoms with Crippen molar-refractivity contribution in [3.05, 3.63) is 42.0 Å². The van der Waals surface area contributed by atoms with E-state index in [1.807, 2.05) is 12.1 Å². The first-order valence-electron chi connectivity index (χ1n) is 5.14. The Bertz CT molecular complexity index is 386. The van der Waals surface area contributed by atoms with Gasteiger partial charge in [-0.2, -0.15) is 0 Å². The fraction of sp³-hybridized carbons (Fsp3) is 0.308. The predicted octanol–water partition coefficient (Wildman–Crippen LogP) is 2.99. The molecule has 1 aliphatic carbocycles. The van der Waals surface area contributed by atoms with E-state index in [2.05, 4.69) is 6.58 Å². The third-order valence-corrected chi connectivity index (χ3v) is 2.33. The molecule has 2 heteroatoms. The number of Topliss-reactive ketones (excluding diaryl/α,β-unsaturated/α-hetero) is 1. The maximum atomic E-state index is 11.5. The number of ketones is 1. The van der Waals surface area contributed by atoms with Gasteiger partial charge in [0.15, 0.2) is 5.78 Å². The monoisotopic (exact) mass is 202 g/mol. The van der Waals surface area contributed by atoms with Gasteiger partial charge in [-0.1, -0.05) is 6.58 Å². The minimum atomic E-state index is -0.00651. The molecule has 0 bridgehead atoms. The van der Waals surface area contributed by atoms with E-state index in [1.54, 1.807) is 19.1 Å². The summed E-state index contributed by atoms with van der Waals surface area (Å²) in [5.74, 6) is 0.837. The van der Waals surface area contributed by atoms with E-state index >= 15 is 0 Å². The Morgan fingerprint density at radius 2 is 1.93 bits per heavy atom. The Kier molecular flexibility index (Phi) is 2.58. The van der Waals surface area contributed by atoms with Crippen molar-refractivity contribution >= 4 is 5.78 Å². The largest absolute Gasteiger partial charge is 0.490 e. The third-order valence-electron chi connectivity index (χ3n) is 2.33. The van der Waals surface area contributed by atoms with Crippen LogP contribution in [0.3, 0.4) is 0 Å².